The number of carboxylic acid groups (broad SMARTS) is 1. The Hall–Kier alpha value is -1.80. The van der Waals surface area contributed by atoms with E-state index in [1.54, 1.807) is 6.07 Å². The first-order chi connectivity index (χ1) is 7.74. The Labute approximate surface area is 97.8 Å². The van der Waals surface area contributed by atoms with Gasteiger partial charge in [-0.15, -0.1) is 0 Å². The summed E-state index contributed by atoms with van der Waals surface area (Å²) in [4.78, 5) is 11.0. The third kappa shape index (κ3) is 1.79. The molecule has 0 bridgehead atoms. The second-order valence-corrected chi connectivity index (χ2v) is 3.57. The van der Waals surface area contributed by atoms with E-state index in [-0.39, 0.29) is 5.57 Å². The standard InChI is InChI=1S/C13H9ClO2/c14-8-12(13(15)16)11-7-3-5-9-4-1-2-6-10(9)11/h1-8H,(H,15,16)/b12-8+. The second-order valence-electron chi connectivity index (χ2n) is 3.35. The lowest BCUT2D eigenvalue weighted by Crippen LogP contribution is -1.99. The van der Waals surface area contributed by atoms with Crippen molar-refractivity contribution < 1.29 is 9.90 Å². The molecule has 0 amide bonds. The van der Waals surface area contributed by atoms with Crippen LogP contribution in [0.5, 0.6) is 0 Å². The predicted octanol–water partition coefficient (Wildman–Crippen LogP) is 3.50. The molecule has 2 nitrogen and oxygen atoms in total. The topological polar surface area (TPSA) is 37.3 Å². The molecule has 1 N–H and O–H groups in total. The average molecular weight is 233 g/mol. The molecule has 0 spiro atoms. The van der Waals surface area contributed by atoms with E-state index in [9.17, 15) is 4.79 Å². The molecule has 3 heteroatoms. The predicted molar refractivity (Wildman–Crippen MR) is 65.4 cm³/mol. The van der Waals surface area contributed by atoms with Crippen LogP contribution in [0.25, 0.3) is 16.3 Å². The van der Waals surface area contributed by atoms with Crippen molar-refractivity contribution in [1.29, 1.82) is 0 Å². The van der Waals surface area contributed by atoms with Gasteiger partial charge in [0.25, 0.3) is 0 Å². The van der Waals surface area contributed by atoms with Crippen LogP contribution in [0.3, 0.4) is 0 Å². The van der Waals surface area contributed by atoms with E-state index in [2.05, 4.69) is 0 Å². The Bertz CT molecular complexity index is 568. The van der Waals surface area contributed by atoms with Crippen molar-refractivity contribution in [2.45, 2.75) is 0 Å². The minimum atomic E-state index is -1.02. The number of rotatable bonds is 2. The van der Waals surface area contributed by atoms with E-state index in [0.717, 1.165) is 16.3 Å². The zero-order valence-electron chi connectivity index (χ0n) is 8.35. The first-order valence-corrected chi connectivity index (χ1v) is 5.19. The Balaban J connectivity index is 2.74. The molecule has 0 aliphatic carbocycles. The van der Waals surface area contributed by atoms with Gasteiger partial charge in [-0.3, -0.25) is 0 Å². The summed E-state index contributed by atoms with van der Waals surface area (Å²) in [6, 6.07) is 13.1. The van der Waals surface area contributed by atoms with E-state index in [0.29, 0.717) is 5.56 Å². The average Bonchev–Trinajstić information content (AvgIpc) is 2.30. The molecular weight excluding hydrogens is 224 g/mol. The van der Waals surface area contributed by atoms with Crippen LogP contribution in [0, 0.1) is 0 Å². The maximum Gasteiger partial charge on any atom is 0.337 e. The van der Waals surface area contributed by atoms with Crippen molar-refractivity contribution >= 4 is 33.9 Å². The van der Waals surface area contributed by atoms with Crippen molar-refractivity contribution in [1.82, 2.24) is 0 Å². The molecule has 16 heavy (non-hydrogen) atoms. The lowest BCUT2D eigenvalue weighted by atomic mass is 9.99. The molecule has 2 rings (SSSR count). The normalized spacial score (nSPS) is 11.7. The molecule has 0 atom stereocenters. The van der Waals surface area contributed by atoms with Gasteiger partial charge in [-0.1, -0.05) is 54.1 Å². The smallest absolute Gasteiger partial charge is 0.337 e. The molecular formula is C13H9ClO2. The molecule has 0 aliphatic rings. The van der Waals surface area contributed by atoms with Crippen molar-refractivity contribution in [3.63, 3.8) is 0 Å². The number of aliphatic carboxylic acids is 1. The number of halogens is 1. The largest absolute Gasteiger partial charge is 0.478 e. The molecule has 2 aromatic rings. The Morgan fingerprint density at radius 2 is 1.81 bits per heavy atom. The summed E-state index contributed by atoms with van der Waals surface area (Å²) in [6.07, 6.45) is 0. The summed E-state index contributed by atoms with van der Waals surface area (Å²) >= 11 is 5.55. The third-order valence-corrected chi connectivity index (χ3v) is 2.64. The minimum Gasteiger partial charge on any atom is -0.478 e. The van der Waals surface area contributed by atoms with Crippen LogP contribution in [-0.2, 0) is 4.79 Å². The number of hydrogen-bond donors (Lipinski definition) is 1. The molecule has 0 saturated heterocycles. The van der Waals surface area contributed by atoms with Gasteiger partial charge in [-0.2, -0.15) is 0 Å². The van der Waals surface area contributed by atoms with E-state index in [4.69, 9.17) is 16.7 Å². The molecule has 80 valence electrons. The number of hydrogen-bond acceptors (Lipinski definition) is 1. The zero-order chi connectivity index (χ0) is 11.5. The lowest BCUT2D eigenvalue weighted by molar-refractivity contribution is -0.130. The van der Waals surface area contributed by atoms with Crippen LogP contribution in [0.15, 0.2) is 48.0 Å². The van der Waals surface area contributed by atoms with Crippen molar-refractivity contribution in [2.24, 2.45) is 0 Å². The summed E-state index contributed by atoms with van der Waals surface area (Å²) in [5, 5.41) is 10.9. The van der Waals surface area contributed by atoms with Crippen molar-refractivity contribution in [3.05, 3.63) is 53.6 Å². The molecule has 0 unspecified atom stereocenters. The molecule has 0 saturated carbocycles. The first-order valence-electron chi connectivity index (χ1n) is 4.76. The van der Waals surface area contributed by atoms with Crippen LogP contribution in [0.1, 0.15) is 5.56 Å². The Kier molecular flexibility index (Phi) is 2.93. The molecule has 2 aromatic carbocycles. The fourth-order valence-electron chi connectivity index (χ4n) is 1.68. The quantitative estimate of drug-likeness (QED) is 0.805. The number of carbonyl (C=O) groups is 1. The minimum absolute atomic E-state index is 0.110. The Morgan fingerprint density at radius 3 is 2.50 bits per heavy atom. The summed E-state index contributed by atoms with van der Waals surface area (Å²) in [5.74, 6) is -1.02. The van der Waals surface area contributed by atoms with Gasteiger partial charge in [0, 0.05) is 5.54 Å². The second kappa shape index (κ2) is 4.37. The zero-order valence-corrected chi connectivity index (χ0v) is 9.11. The summed E-state index contributed by atoms with van der Waals surface area (Å²) < 4.78 is 0. The van der Waals surface area contributed by atoms with Crippen molar-refractivity contribution in [2.75, 3.05) is 0 Å². The highest BCUT2D eigenvalue weighted by molar-refractivity contribution is 6.35. The lowest BCUT2D eigenvalue weighted by Gasteiger charge is -2.06. The fourth-order valence-corrected chi connectivity index (χ4v) is 1.89. The first kappa shape index (κ1) is 10.7. The maximum absolute atomic E-state index is 11.0. The number of carboxylic acids is 1. The van der Waals surface area contributed by atoms with Crippen LogP contribution in [0.2, 0.25) is 0 Å². The third-order valence-electron chi connectivity index (χ3n) is 2.42. The Morgan fingerprint density at radius 1 is 1.12 bits per heavy atom. The van der Waals surface area contributed by atoms with Gasteiger partial charge in [-0.05, 0) is 16.3 Å². The van der Waals surface area contributed by atoms with E-state index in [1.165, 1.54) is 0 Å². The van der Waals surface area contributed by atoms with Gasteiger partial charge >= 0.3 is 5.97 Å². The van der Waals surface area contributed by atoms with Gasteiger partial charge in [0.1, 0.15) is 0 Å². The van der Waals surface area contributed by atoms with E-state index < -0.39 is 5.97 Å². The summed E-state index contributed by atoms with van der Waals surface area (Å²) in [5.41, 5.74) is 1.85. The summed E-state index contributed by atoms with van der Waals surface area (Å²) in [6.45, 7) is 0. The monoisotopic (exact) mass is 232 g/mol. The van der Waals surface area contributed by atoms with Crippen LogP contribution in [-0.4, -0.2) is 11.1 Å². The van der Waals surface area contributed by atoms with Gasteiger partial charge in [-0.25, -0.2) is 4.79 Å². The number of fused-ring (bicyclic) bond motifs is 1. The molecule has 0 radical (unpaired) electrons. The van der Waals surface area contributed by atoms with Gasteiger partial charge in [0.2, 0.25) is 0 Å². The maximum atomic E-state index is 11.0. The highest BCUT2D eigenvalue weighted by atomic mass is 35.5. The fraction of sp³-hybridized carbons (Fsp3) is 0. The van der Waals surface area contributed by atoms with Crippen molar-refractivity contribution in [3.8, 4) is 0 Å². The number of benzene rings is 2. The van der Waals surface area contributed by atoms with Crippen LogP contribution >= 0.6 is 11.6 Å². The highest BCUT2D eigenvalue weighted by Crippen LogP contribution is 2.25. The highest BCUT2D eigenvalue weighted by Gasteiger charge is 2.12. The van der Waals surface area contributed by atoms with Crippen LogP contribution in [0.4, 0.5) is 0 Å². The summed E-state index contributed by atoms with van der Waals surface area (Å²) in [7, 11) is 0. The molecule has 0 fully saturated rings. The van der Waals surface area contributed by atoms with Crippen LogP contribution < -0.4 is 0 Å². The molecule has 0 aliphatic heterocycles. The molecule has 0 aromatic heterocycles. The molecule has 0 heterocycles. The van der Waals surface area contributed by atoms with Gasteiger partial charge in [0.05, 0.1) is 5.57 Å². The van der Waals surface area contributed by atoms with E-state index in [1.807, 2.05) is 36.4 Å². The SMILES string of the molecule is O=C(O)/C(=C/Cl)c1cccc2ccccc12. The van der Waals surface area contributed by atoms with Gasteiger partial charge < -0.3 is 5.11 Å². The van der Waals surface area contributed by atoms with E-state index >= 15 is 0 Å². The van der Waals surface area contributed by atoms with Gasteiger partial charge in [0.15, 0.2) is 0 Å².